The molecule has 1 rings (SSSR count). The molecule has 1 unspecified atom stereocenters. The summed E-state index contributed by atoms with van der Waals surface area (Å²) in [5.74, 6) is 0. The Hall–Kier alpha value is 0.440. The van der Waals surface area contributed by atoms with Gasteiger partial charge >= 0.3 is 0 Å². The summed E-state index contributed by atoms with van der Waals surface area (Å²) < 4.78 is 0. The Balaban J connectivity index is 0.000000810. The summed E-state index contributed by atoms with van der Waals surface area (Å²) in [6, 6.07) is 0.912. The number of halogens is 1. The molecular weight excluding hydrogens is 190 g/mol. The highest BCUT2D eigenvalue weighted by Gasteiger charge is 2.20. The molecule has 0 amide bonds. The fraction of sp³-hybridized carbons (Fsp3) is 1.00. The van der Waals surface area contributed by atoms with Gasteiger partial charge in [-0.3, -0.25) is 0 Å². The predicted octanol–water partition coefficient (Wildman–Crippen LogP) is 2.46. The Bertz CT molecular complexity index is 75.3. The second kappa shape index (κ2) is 5.14. The minimum Gasteiger partial charge on any atom is -0.301 e. The van der Waals surface area contributed by atoms with Gasteiger partial charge in [-0.15, -0.1) is 17.0 Å². The molecule has 1 heterocycles. The van der Waals surface area contributed by atoms with Gasteiger partial charge < -0.3 is 4.90 Å². The SMILES string of the molecule is Br.CCC1CCCN1CC. The van der Waals surface area contributed by atoms with E-state index >= 15 is 0 Å². The molecule has 1 saturated heterocycles. The van der Waals surface area contributed by atoms with Crippen molar-refractivity contribution in [2.75, 3.05) is 13.1 Å². The van der Waals surface area contributed by atoms with Gasteiger partial charge in [0.15, 0.2) is 0 Å². The van der Waals surface area contributed by atoms with E-state index in [0.29, 0.717) is 0 Å². The summed E-state index contributed by atoms with van der Waals surface area (Å²) in [4.78, 5) is 2.58. The van der Waals surface area contributed by atoms with Crippen LogP contribution in [-0.2, 0) is 0 Å². The minimum atomic E-state index is 0. The molecule has 1 atom stereocenters. The third-order valence-electron chi connectivity index (χ3n) is 2.38. The number of rotatable bonds is 2. The minimum absolute atomic E-state index is 0. The van der Waals surface area contributed by atoms with Crippen LogP contribution < -0.4 is 0 Å². The molecule has 1 aliphatic rings. The van der Waals surface area contributed by atoms with E-state index in [4.69, 9.17) is 0 Å². The molecule has 62 valence electrons. The Morgan fingerprint density at radius 3 is 2.50 bits per heavy atom. The van der Waals surface area contributed by atoms with Crippen molar-refractivity contribution in [3.63, 3.8) is 0 Å². The zero-order chi connectivity index (χ0) is 6.69. The largest absolute Gasteiger partial charge is 0.301 e. The molecule has 0 spiro atoms. The quantitative estimate of drug-likeness (QED) is 0.673. The van der Waals surface area contributed by atoms with Gasteiger partial charge in [-0.1, -0.05) is 13.8 Å². The van der Waals surface area contributed by atoms with Gasteiger partial charge in [0.2, 0.25) is 0 Å². The van der Waals surface area contributed by atoms with Crippen molar-refractivity contribution < 1.29 is 0 Å². The van der Waals surface area contributed by atoms with E-state index in [1.807, 2.05) is 0 Å². The van der Waals surface area contributed by atoms with Gasteiger partial charge in [0, 0.05) is 6.04 Å². The van der Waals surface area contributed by atoms with Gasteiger partial charge in [-0.2, -0.15) is 0 Å². The smallest absolute Gasteiger partial charge is 0.00929 e. The maximum atomic E-state index is 2.58. The van der Waals surface area contributed by atoms with Crippen molar-refractivity contribution >= 4 is 17.0 Å². The van der Waals surface area contributed by atoms with E-state index in [1.54, 1.807) is 0 Å². The summed E-state index contributed by atoms with van der Waals surface area (Å²) in [6.45, 7) is 7.14. The second-order valence-corrected chi connectivity index (χ2v) is 2.83. The number of nitrogens with zero attached hydrogens (tertiary/aromatic N) is 1. The van der Waals surface area contributed by atoms with Crippen LogP contribution in [0.4, 0.5) is 0 Å². The predicted molar refractivity (Wildman–Crippen MR) is 50.9 cm³/mol. The Morgan fingerprint density at radius 1 is 1.40 bits per heavy atom. The van der Waals surface area contributed by atoms with Crippen molar-refractivity contribution in [2.45, 2.75) is 39.2 Å². The zero-order valence-corrected chi connectivity index (χ0v) is 8.68. The molecular formula is C8H18BrN. The van der Waals surface area contributed by atoms with Crippen LogP contribution >= 0.6 is 17.0 Å². The molecule has 0 aromatic heterocycles. The standard InChI is InChI=1S/C8H17N.BrH/c1-3-8-6-5-7-9(8)4-2;/h8H,3-7H2,1-2H3;1H. The van der Waals surface area contributed by atoms with Crippen LogP contribution in [-0.4, -0.2) is 24.0 Å². The van der Waals surface area contributed by atoms with Crippen molar-refractivity contribution in [2.24, 2.45) is 0 Å². The number of likely N-dealkylation sites (tertiary alicyclic amines) is 1. The lowest BCUT2D eigenvalue weighted by molar-refractivity contribution is 0.262. The Labute approximate surface area is 74.6 Å². The highest BCUT2D eigenvalue weighted by molar-refractivity contribution is 8.93. The summed E-state index contributed by atoms with van der Waals surface area (Å²) >= 11 is 0. The van der Waals surface area contributed by atoms with Gasteiger partial charge in [-0.25, -0.2) is 0 Å². The molecule has 0 N–H and O–H groups in total. The van der Waals surface area contributed by atoms with E-state index in [0.717, 1.165) is 6.04 Å². The normalized spacial score (nSPS) is 26.4. The van der Waals surface area contributed by atoms with Gasteiger partial charge in [0.05, 0.1) is 0 Å². The molecule has 10 heavy (non-hydrogen) atoms. The average Bonchev–Trinajstić information content (AvgIpc) is 2.33. The van der Waals surface area contributed by atoms with Crippen molar-refractivity contribution in [3.05, 3.63) is 0 Å². The molecule has 0 radical (unpaired) electrons. The topological polar surface area (TPSA) is 3.24 Å². The lowest BCUT2D eigenvalue weighted by Crippen LogP contribution is -2.28. The van der Waals surface area contributed by atoms with Gasteiger partial charge in [-0.05, 0) is 32.4 Å². The van der Waals surface area contributed by atoms with E-state index < -0.39 is 0 Å². The molecule has 0 aromatic rings. The molecule has 1 aliphatic heterocycles. The maximum absolute atomic E-state index is 2.58. The Kier molecular flexibility index (Phi) is 5.36. The second-order valence-electron chi connectivity index (χ2n) is 2.83. The molecule has 0 bridgehead atoms. The summed E-state index contributed by atoms with van der Waals surface area (Å²) in [7, 11) is 0. The summed E-state index contributed by atoms with van der Waals surface area (Å²) in [5, 5.41) is 0. The third-order valence-corrected chi connectivity index (χ3v) is 2.38. The lowest BCUT2D eigenvalue weighted by atomic mass is 10.2. The van der Waals surface area contributed by atoms with Gasteiger partial charge in [0.1, 0.15) is 0 Å². The first-order chi connectivity index (χ1) is 4.38. The molecule has 0 saturated carbocycles. The number of hydrogen-bond donors (Lipinski definition) is 0. The van der Waals surface area contributed by atoms with E-state index in [2.05, 4.69) is 18.7 Å². The third kappa shape index (κ3) is 2.24. The van der Waals surface area contributed by atoms with Crippen LogP contribution in [0, 0.1) is 0 Å². The number of hydrogen-bond acceptors (Lipinski definition) is 1. The van der Waals surface area contributed by atoms with Gasteiger partial charge in [0.25, 0.3) is 0 Å². The molecule has 2 heteroatoms. The van der Waals surface area contributed by atoms with E-state index in [1.165, 1.54) is 32.4 Å². The van der Waals surface area contributed by atoms with Crippen LogP contribution in [0.3, 0.4) is 0 Å². The average molecular weight is 208 g/mol. The van der Waals surface area contributed by atoms with E-state index in [9.17, 15) is 0 Å². The zero-order valence-electron chi connectivity index (χ0n) is 6.97. The van der Waals surface area contributed by atoms with Crippen LogP contribution in [0.25, 0.3) is 0 Å². The molecule has 0 aliphatic carbocycles. The summed E-state index contributed by atoms with van der Waals surface area (Å²) in [5.41, 5.74) is 0. The lowest BCUT2D eigenvalue weighted by Gasteiger charge is -2.20. The maximum Gasteiger partial charge on any atom is 0.00929 e. The molecule has 0 aromatic carbocycles. The fourth-order valence-corrected chi connectivity index (χ4v) is 1.77. The Morgan fingerprint density at radius 2 is 2.10 bits per heavy atom. The first-order valence-corrected chi connectivity index (χ1v) is 4.12. The highest BCUT2D eigenvalue weighted by atomic mass is 79.9. The first-order valence-electron chi connectivity index (χ1n) is 4.12. The molecule has 1 fully saturated rings. The fourth-order valence-electron chi connectivity index (χ4n) is 1.77. The monoisotopic (exact) mass is 207 g/mol. The first kappa shape index (κ1) is 10.4. The highest BCUT2D eigenvalue weighted by Crippen LogP contribution is 2.18. The van der Waals surface area contributed by atoms with Crippen LogP contribution in [0.1, 0.15) is 33.1 Å². The van der Waals surface area contributed by atoms with Crippen molar-refractivity contribution in [3.8, 4) is 0 Å². The van der Waals surface area contributed by atoms with Crippen LogP contribution in [0.5, 0.6) is 0 Å². The summed E-state index contributed by atoms with van der Waals surface area (Å²) in [6.07, 6.45) is 4.20. The van der Waals surface area contributed by atoms with E-state index in [-0.39, 0.29) is 17.0 Å². The molecule has 1 nitrogen and oxygen atoms in total. The van der Waals surface area contributed by atoms with Crippen molar-refractivity contribution in [1.29, 1.82) is 0 Å². The van der Waals surface area contributed by atoms with Crippen molar-refractivity contribution in [1.82, 2.24) is 4.90 Å². The van der Waals surface area contributed by atoms with Crippen LogP contribution in [0.2, 0.25) is 0 Å². The van der Waals surface area contributed by atoms with Crippen LogP contribution in [0.15, 0.2) is 0 Å².